The number of hydrogen-bond acceptors (Lipinski definition) is 2. The summed E-state index contributed by atoms with van der Waals surface area (Å²) in [5.74, 6) is 0.993. The molecular weight excluding hydrogens is 222 g/mol. The van der Waals surface area contributed by atoms with Gasteiger partial charge in [-0.15, -0.1) is 0 Å². The molecule has 1 atom stereocenters. The zero-order valence-electron chi connectivity index (χ0n) is 12.3. The van der Waals surface area contributed by atoms with Crippen LogP contribution in [-0.4, -0.2) is 13.7 Å². The summed E-state index contributed by atoms with van der Waals surface area (Å²) in [4.78, 5) is 0. The molecule has 1 unspecified atom stereocenters. The predicted octanol–water partition coefficient (Wildman–Crippen LogP) is 3.76. The maximum atomic E-state index is 5.40. The van der Waals surface area contributed by atoms with Crippen LogP contribution in [-0.2, 0) is 0 Å². The van der Waals surface area contributed by atoms with Gasteiger partial charge in [-0.1, -0.05) is 19.9 Å². The van der Waals surface area contributed by atoms with Gasteiger partial charge in [0.25, 0.3) is 0 Å². The summed E-state index contributed by atoms with van der Waals surface area (Å²) in [5, 5.41) is 3.67. The summed E-state index contributed by atoms with van der Waals surface area (Å²) < 4.78 is 5.40. The molecule has 1 fully saturated rings. The number of benzene rings is 1. The number of methoxy groups -OCH3 is 1. The average molecular weight is 247 g/mol. The van der Waals surface area contributed by atoms with Crippen molar-refractivity contribution in [3.8, 4) is 5.75 Å². The molecule has 2 nitrogen and oxygen atoms in total. The molecule has 1 aliphatic carbocycles. The third-order valence-corrected chi connectivity index (χ3v) is 4.24. The molecule has 0 amide bonds. The van der Waals surface area contributed by atoms with Crippen LogP contribution < -0.4 is 10.1 Å². The largest absolute Gasteiger partial charge is 0.496 e. The van der Waals surface area contributed by atoms with E-state index in [0.29, 0.717) is 11.5 Å². The van der Waals surface area contributed by atoms with Crippen molar-refractivity contribution in [3.05, 3.63) is 28.8 Å². The van der Waals surface area contributed by atoms with Crippen molar-refractivity contribution in [2.45, 2.75) is 46.6 Å². The fourth-order valence-corrected chi connectivity index (χ4v) is 2.76. The van der Waals surface area contributed by atoms with Crippen LogP contribution in [0.1, 0.15) is 49.4 Å². The van der Waals surface area contributed by atoms with Gasteiger partial charge in [-0.05, 0) is 61.4 Å². The van der Waals surface area contributed by atoms with E-state index in [4.69, 9.17) is 4.74 Å². The second-order valence-corrected chi connectivity index (χ2v) is 5.82. The molecule has 2 heteroatoms. The highest BCUT2D eigenvalue weighted by Crippen LogP contribution is 2.55. The summed E-state index contributed by atoms with van der Waals surface area (Å²) in [6.07, 6.45) is 2.66. The van der Waals surface area contributed by atoms with Gasteiger partial charge in [0.15, 0.2) is 0 Å². The first-order chi connectivity index (χ1) is 8.51. The molecule has 0 saturated heterocycles. The lowest BCUT2D eigenvalue weighted by atomic mass is 9.88. The van der Waals surface area contributed by atoms with Gasteiger partial charge in [0.2, 0.25) is 0 Å². The van der Waals surface area contributed by atoms with Crippen molar-refractivity contribution in [3.63, 3.8) is 0 Å². The summed E-state index contributed by atoms with van der Waals surface area (Å²) in [7, 11) is 1.74. The molecule has 1 aromatic carbocycles. The minimum absolute atomic E-state index is 0.446. The number of ether oxygens (including phenoxy) is 1. The fourth-order valence-electron chi connectivity index (χ4n) is 2.76. The van der Waals surface area contributed by atoms with E-state index in [0.717, 1.165) is 12.3 Å². The van der Waals surface area contributed by atoms with Crippen molar-refractivity contribution in [1.29, 1.82) is 0 Å². The molecule has 2 rings (SSSR count). The maximum absolute atomic E-state index is 5.40. The number of hydrogen-bond donors (Lipinski definition) is 1. The Labute approximate surface area is 111 Å². The molecule has 100 valence electrons. The fraction of sp³-hybridized carbons (Fsp3) is 0.625. The van der Waals surface area contributed by atoms with Gasteiger partial charge in [-0.2, -0.15) is 0 Å². The van der Waals surface area contributed by atoms with E-state index in [9.17, 15) is 0 Å². The molecule has 1 saturated carbocycles. The van der Waals surface area contributed by atoms with E-state index in [2.05, 4.69) is 45.1 Å². The van der Waals surface area contributed by atoms with Crippen molar-refractivity contribution >= 4 is 0 Å². The number of aryl methyl sites for hydroxylation is 2. The van der Waals surface area contributed by atoms with E-state index < -0.39 is 0 Å². The van der Waals surface area contributed by atoms with Crippen LogP contribution in [0.5, 0.6) is 5.75 Å². The van der Waals surface area contributed by atoms with Gasteiger partial charge in [-0.3, -0.25) is 0 Å². The first-order valence-electron chi connectivity index (χ1n) is 6.90. The van der Waals surface area contributed by atoms with Crippen molar-refractivity contribution in [2.24, 2.45) is 5.41 Å². The number of nitrogens with one attached hydrogen (secondary N) is 1. The highest BCUT2D eigenvalue weighted by atomic mass is 16.5. The van der Waals surface area contributed by atoms with Crippen LogP contribution in [0.25, 0.3) is 0 Å². The molecule has 1 N–H and O–H groups in total. The van der Waals surface area contributed by atoms with Gasteiger partial charge in [0, 0.05) is 6.04 Å². The van der Waals surface area contributed by atoms with Crippen LogP contribution >= 0.6 is 0 Å². The smallest absolute Gasteiger partial charge is 0.122 e. The Hall–Kier alpha value is -1.02. The Morgan fingerprint density at radius 1 is 1.28 bits per heavy atom. The minimum Gasteiger partial charge on any atom is -0.496 e. The normalized spacial score (nSPS) is 18.5. The Bertz CT molecular complexity index is 435. The van der Waals surface area contributed by atoms with E-state index in [1.165, 1.54) is 29.5 Å². The van der Waals surface area contributed by atoms with Gasteiger partial charge in [0.05, 0.1) is 7.11 Å². The van der Waals surface area contributed by atoms with E-state index >= 15 is 0 Å². The zero-order chi connectivity index (χ0) is 13.3. The third kappa shape index (κ3) is 2.39. The highest BCUT2D eigenvalue weighted by Gasteiger charge is 2.45. The Kier molecular flexibility index (Phi) is 3.67. The molecule has 0 aliphatic heterocycles. The summed E-state index contributed by atoms with van der Waals surface area (Å²) >= 11 is 0. The molecule has 1 aromatic rings. The zero-order valence-corrected chi connectivity index (χ0v) is 12.3. The molecule has 1 aliphatic rings. The summed E-state index contributed by atoms with van der Waals surface area (Å²) in [6, 6.07) is 4.94. The van der Waals surface area contributed by atoms with Crippen molar-refractivity contribution < 1.29 is 4.74 Å². The molecule has 0 radical (unpaired) electrons. The predicted molar refractivity (Wildman–Crippen MR) is 76.2 cm³/mol. The van der Waals surface area contributed by atoms with E-state index in [1.54, 1.807) is 7.11 Å². The van der Waals surface area contributed by atoms with Gasteiger partial charge in [0.1, 0.15) is 5.75 Å². The van der Waals surface area contributed by atoms with Crippen LogP contribution in [0.2, 0.25) is 0 Å². The van der Waals surface area contributed by atoms with Crippen LogP contribution in [0.4, 0.5) is 0 Å². The topological polar surface area (TPSA) is 21.3 Å². The standard InChI is InChI=1S/C16H25NO/c1-6-17-15(16(4)7-8-16)13-9-12(3)14(18-5)10-11(13)2/h9-10,15,17H,6-8H2,1-5H3. The lowest BCUT2D eigenvalue weighted by Crippen LogP contribution is -2.28. The SMILES string of the molecule is CCNC(c1cc(C)c(OC)cc1C)C1(C)CC1. The highest BCUT2D eigenvalue weighted by molar-refractivity contribution is 5.43. The first kappa shape index (κ1) is 13.4. The van der Waals surface area contributed by atoms with Crippen LogP contribution in [0.3, 0.4) is 0 Å². The summed E-state index contributed by atoms with van der Waals surface area (Å²) in [6.45, 7) is 9.90. The van der Waals surface area contributed by atoms with Crippen molar-refractivity contribution in [1.82, 2.24) is 5.32 Å². The van der Waals surface area contributed by atoms with Gasteiger partial charge < -0.3 is 10.1 Å². The Balaban J connectivity index is 2.38. The third-order valence-electron chi connectivity index (χ3n) is 4.24. The van der Waals surface area contributed by atoms with E-state index in [-0.39, 0.29) is 0 Å². The molecule has 18 heavy (non-hydrogen) atoms. The quantitative estimate of drug-likeness (QED) is 0.855. The van der Waals surface area contributed by atoms with Gasteiger partial charge >= 0.3 is 0 Å². The lowest BCUT2D eigenvalue weighted by molar-refractivity contribution is 0.370. The molecule has 0 aromatic heterocycles. The molecule has 0 bridgehead atoms. The minimum atomic E-state index is 0.446. The van der Waals surface area contributed by atoms with Gasteiger partial charge in [-0.25, -0.2) is 0 Å². The molecule has 0 spiro atoms. The number of rotatable bonds is 5. The Morgan fingerprint density at radius 3 is 2.44 bits per heavy atom. The summed E-state index contributed by atoms with van der Waals surface area (Å²) in [5.41, 5.74) is 4.44. The van der Waals surface area contributed by atoms with Crippen molar-refractivity contribution in [2.75, 3.05) is 13.7 Å². The molecule has 0 heterocycles. The molecular formula is C16H25NO. The first-order valence-corrected chi connectivity index (χ1v) is 6.90. The van der Waals surface area contributed by atoms with Crippen LogP contribution in [0, 0.1) is 19.3 Å². The Morgan fingerprint density at radius 2 is 1.94 bits per heavy atom. The monoisotopic (exact) mass is 247 g/mol. The van der Waals surface area contributed by atoms with E-state index in [1.807, 2.05) is 0 Å². The maximum Gasteiger partial charge on any atom is 0.122 e. The average Bonchev–Trinajstić information content (AvgIpc) is 3.08. The second kappa shape index (κ2) is 4.93. The van der Waals surface area contributed by atoms with Crippen LogP contribution in [0.15, 0.2) is 12.1 Å². The lowest BCUT2D eigenvalue weighted by Gasteiger charge is -2.27. The second-order valence-electron chi connectivity index (χ2n) is 5.82.